The zero-order valence-electron chi connectivity index (χ0n) is 9.94. The average Bonchev–Trinajstić information content (AvgIpc) is 2.28. The highest BCUT2D eigenvalue weighted by atomic mass is 16.5. The molecule has 92 valence electrons. The second-order valence-electron chi connectivity index (χ2n) is 3.81. The third kappa shape index (κ3) is 1.58. The van der Waals surface area contributed by atoms with E-state index in [2.05, 4.69) is 0 Å². The summed E-state index contributed by atoms with van der Waals surface area (Å²) in [6, 6.07) is 1.71. The van der Waals surface area contributed by atoms with Gasteiger partial charge in [0.2, 0.25) is 5.75 Å². The Morgan fingerprint density at radius 3 is 2.35 bits per heavy atom. The molecule has 1 aliphatic carbocycles. The van der Waals surface area contributed by atoms with Crippen LogP contribution in [0.5, 0.6) is 17.2 Å². The van der Waals surface area contributed by atoms with Gasteiger partial charge in [-0.25, -0.2) is 0 Å². The number of fused-ring (bicyclic) bond motifs is 1. The molecule has 0 fully saturated rings. The molecule has 0 bridgehead atoms. The zero-order valence-corrected chi connectivity index (χ0v) is 9.94. The van der Waals surface area contributed by atoms with Crippen molar-refractivity contribution in [1.82, 2.24) is 0 Å². The molecule has 0 radical (unpaired) electrons. The molecule has 0 heterocycles. The number of aliphatic carboxylic acids is 1. The maximum Gasteiger partial charge on any atom is 0.311 e. The predicted molar refractivity (Wildman–Crippen MR) is 60.2 cm³/mol. The van der Waals surface area contributed by atoms with Gasteiger partial charge in [0.25, 0.3) is 0 Å². The number of benzene rings is 1. The molecule has 0 aliphatic heterocycles. The van der Waals surface area contributed by atoms with Crippen LogP contribution in [0.2, 0.25) is 0 Å². The molecule has 1 atom stereocenters. The quantitative estimate of drug-likeness (QED) is 0.859. The summed E-state index contributed by atoms with van der Waals surface area (Å²) in [6.07, 6.45) is 0.466. The first-order valence-corrected chi connectivity index (χ1v) is 5.18. The van der Waals surface area contributed by atoms with Crippen molar-refractivity contribution in [3.8, 4) is 17.2 Å². The summed E-state index contributed by atoms with van der Waals surface area (Å²) < 4.78 is 15.7. The minimum atomic E-state index is -0.827. The third-order valence-electron chi connectivity index (χ3n) is 3.05. The lowest BCUT2D eigenvalue weighted by molar-refractivity contribution is -0.139. The molecule has 1 aromatic carbocycles. The fraction of sp³-hybridized carbons (Fsp3) is 0.417. The summed E-state index contributed by atoms with van der Waals surface area (Å²) in [5, 5.41) is 9.02. The summed E-state index contributed by atoms with van der Waals surface area (Å²) in [4.78, 5) is 11.0. The van der Waals surface area contributed by atoms with Gasteiger partial charge in [0.1, 0.15) is 0 Å². The molecule has 5 heteroatoms. The predicted octanol–water partition coefficient (Wildman–Crippen LogP) is 1.44. The topological polar surface area (TPSA) is 65.0 Å². The highest BCUT2D eigenvalue weighted by Gasteiger charge is 2.37. The highest BCUT2D eigenvalue weighted by Crippen LogP contribution is 2.50. The first kappa shape index (κ1) is 11.6. The van der Waals surface area contributed by atoms with Gasteiger partial charge in [-0.05, 0) is 18.1 Å². The second-order valence-corrected chi connectivity index (χ2v) is 3.81. The van der Waals surface area contributed by atoms with Crippen LogP contribution in [0.25, 0.3) is 0 Å². The van der Waals surface area contributed by atoms with Crippen LogP contribution in [0, 0.1) is 0 Å². The Morgan fingerprint density at radius 2 is 1.88 bits per heavy atom. The van der Waals surface area contributed by atoms with Crippen LogP contribution in [-0.2, 0) is 11.2 Å². The fourth-order valence-corrected chi connectivity index (χ4v) is 2.16. The van der Waals surface area contributed by atoms with Gasteiger partial charge in [0, 0.05) is 5.56 Å². The largest absolute Gasteiger partial charge is 0.493 e. The molecule has 1 aliphatic rings. The number of ether oxygens (including phenoxy) is 3. The molecule has 0 amide bonds. The van der Waals surface area contributed by atoms with E-state index in [1.165, 1.54) is 21.3 Å². The van der Waals surface area contributed by atoms with Crippen molar-refractivity contribution in [3.63, 3.8) is 0 Å². The van der Waals surface area contributed by atoms with Crippen LogP contribution < -0.4 is 14.2 Å². The van der Waals surface area contributed by atoms with E-state index in [1.807, 2.05) is 0 Å². The van der Waals surface area contributed by atoms with E-state index in [4.69, 9.17) is 19.3 Å². The molecule has 2 rings (SSSR count). The Kier molecular flexibility index (Phi) is 2.83. The molecule has 0 aromatic heterocycles. The Balaban J connectivity index is 2.56. The van der Waals surface area contributed by atoms with Gasteiger partial charge in [0.15, 0.2) is 11.5 Å². The number of carboxylic acid groups (broad SMARTS) is 1. The van der Waals surface area contributed by atoms with E-state index in [-0.39, 0.29) is 0 Å². The molecule has 0 spiro atoms. The van der Waals surface area contributed by atoms with Gasteiger partial charge in [0.05, 0.1) is 27.2 Å². The van der Waals surface area contributed by atoms with Gasteiger partial charge in [-0.1, -0.05) is 0 Å². The first-order valence-electron chi connectivity index (χ1n) is 5.18. The maximum atomic E-state index is 11.0. The lowest BCUT2D eigenvalue weighted by Crippen LogP contribution is -2.26. The number of carboxylic acids is 1. The summed E-state index contributed by atoms with van der Waals surface area (Å²) >= 11 is 0. The Bertz CT molecular complexity index is 466. The van der Waals surface area contributed by atoms with Crippen molar-refractivity contribution in [1.29, 1.82) is 0 Å². The lowest BCUT2D eigenvalue weighted by Gasteiger charge is -2.30. The number of hydrogen-bond acceptors (Lipinski definition) is 4. The molecule has 17 heavy (non-hydrogen) atoms. The summed E-state index contributed by atoms with van der Waals surface area (Å²) in [6.45, 7) is 0. The number of methoxy groups -OCH3 is 3. The molecule has 1 unspecified atom stereocenters. The van der Waals surface area contributed by atoms with Crippen LogP contribution in [-0.4, -0.2) is 32.4 Å². The van der Waals surface area contributed by atoms with E-state index in [9.17, 15) is 4.79 Å². The first-order chi connectivity index (χ1) is 8.13. The van der Waals surface area contributed by atoms with Crippen molar-refractivity contribution in [2.75, 3.05) is 21.3 Å². The minimum Gasteiger partial charge on any atom is -0.493 e. The number of hydrogen-bond donors (Lipinski definition) is 1. The van der Waals surface area contributed by atoms with Gasteiger partial charge in [-0.2, -0.15) is 0 Å². The molecule has 5 nitrogen and oxygen atoms in total. The maximum absolute atomic E-state index is 11.0. The van der Waals surface area contributed by atoms with Crippen molar-refractivity contribution in [2.24, 2.45) is 0 Å². The van der Waals surface area contributed by atoms with Crippen LogP contribution in [0.15, 0.2) is 6.07 Å². The minimum absolute atomic E-state index is 0.466. The summed E-state index contributed by atoms with van der Waals surface area (Å²) in [7, 11) is 4.57. The second kappa shape index (κ2) is 4.16. The third-order valence-corrected chi connectivity index (χ3v) is 3.05. The number of rotatable bonds is 4. The summed E-state index contributed by atoms with van der Waals surface area (Å²) in [5.74, 6) is 0.275. The van der Waals surface area contributed by atoms with E-state index >= 15 is 0 Å². The summed E-state index contributed by atoms with van der Waals surface area (Å²) in [5.41, 5.74) is 1.63. The van der Waals surface area contributed by atoms with Crippen molar-refractivity contribution >= 4 is 5.97 Å². The fourth-order valence-electron chi connectivity index (χ4n) is 2.16. The van der Waals surface area contributed by atoms with Crippen molar-refractivity contribution in [3.05, 3.63) is 17.2 Å². The standard InChI is InChI=1S/C12H14O5/c1-15-9-5-6-7(4-8(6)12(13)14)10(16-2)11(9)17-3/h5,8H,4H2,1-3H3,(H,13,14). The van der Waals surface area contributed by atoms with Crippen LogP contribution in [0.3, 0.4) is 0 Å². The molecule has 0 saturated carbocycles. The number of carbonyl (C=O) groups is 1. The monoisotopic (exact) mass is 238 g/mol. The smallest absolute Gasteiger partial charge is 0.311 e. The van der Waals surface area contributed by atoms with Crippen LogP contribution in [0.1, 0.15) is 17.0 Å². The zero-order chi connectivity index (χ0) is 12.6. The van der Waals surface area contributed by atoms with E-state index < -0.39 is 11.9 Å². The Morgan fingerprint density at radius 1 is 1.24 bits per heavy atom. The lowest BCUT2D eigenvalue weighted by atomic mass is 9.76. The van der Waals surface area contributed by atoms with Gasteiger partial charge >= 0.3 is 5.97 Å². The van der Waals surface area contributed by atoms with Crippen molar-refractivity contribution < 1.29 is 24.1 Å². The molecular formula is C12H14O5. The normalized spacial score (nSPS) is 16.8. The molecule has 1 N–H and O–H groups in total. The highest BCUT2D eigenvalue weighted by molar-refractivity contribution is 5.82. The average molecular weight is 238 g/mol. The Labute approximate surface area is 98.9 Å². The molecule has 0 saturated heterocycles. The van der Waals surface area contributed by atoms with Crippen molar-refractivity contribution in [2.45, 2.75) is 12.3 Å². The van der Waals surface area contributed by atoms with E-state index in [1.54, 1.807) is 6.07 Å². The molecular weight excluding hydrogens is 224 g/mol. The molecule has 1 aromatic rings. The Hall–Kier alpha value is -1.91. The van der Waals surface area contributed by atoms with E-state index in [0.29, 0.717) is 23.7 Å². The van der Waals surface area contributed by atoms with E-state index in [0.717, 1.165) is 11.1 Å². The van der Waals surface area contributed by atoms with Crippen LogP contribution in [0.4, 0.5) is 0 Å². The SMILES string of the molecule is COc1cc2c(c(OC)c1OC)CC2C(=O)O. The van der Waals surface area contributed by atoms with Gasteiger partial charge in [-0.3, -0.25) is 4.79 Å². The van der Waals surface area contributed by atoms with Crippen LogP contribution >= 0.6 is 0 Å². The van der Waals surface area contributed by atoms with Gasteiger partial charge in [-0.15, -0.1) is 0 Å². The van der Waals surface area contributed by atoms with Gasteiger partial charge < -0.3 is 19.3 Å².